The fraction of sp³-hybridized carbons (Fsp3) is 0.171. The van der Waals surface area contributed by atoms with E-state index < -0.39 is 11.9 Å². The predicted molar refractivity (Wildman–Crippen MR) is 180 cm³/mol. The summed E-state index contributed by atoms with van der Waals surface area (Å²) in [7, 11) is 0. The standard InChI is InChI=1S/C35H31Cl2N3O6/c1-4-43-28-16-12-22(18-31(28)45-6-3)35(42)46-29-15-11-21(17-30(29)44-5-2)20-38-40-34(41)33-32(24-9-7-8-10-26(24)37)25-19-23(36)13-14-27(25)39-33/h7-20,39H,4-6H2,1-3H3,(H,40,41). The number of benzene rings is 4. The highest BCUT2D eigenvalue weighted by molar-refractivity contribution is 6.34. The minimum Gasteiger partial charge on any atom is -0.490 e. The van der Waals surface area contributed by atoms with Crippen LogP contribution < -0.4 is 24.4 Å². The number of amides is 1. The highest BCUT2D eigenvalue weighted by atomic mass is 35.5. The van der Waals surface area contributed by atoms with E-state index in [0.717, 1.165) is 10.9 Å². The summed E-state index contributed by atoms with van der Waals surface area (Å²) in [6.45, 7) is 6.74. The lowest BCUT2D eigenvalue weighted by molar-refractivity contribution is 0.0727. The van der Waals surface area contributed by atoms with Crippen molar-refractivity contribution in [2.24, 2.45) is 5.10 Å². The van der Waals surface area contributed by atoms with Gasteiger partial charge in [-0.25, -0.2) is 10.2 Å². The van der Waals surface area contributed by atoms with Crippen LogP contribution in [0.2, 0.25) is 10.0 Å². The maximum Gasteiger partial charge on any atom is 0.343 e. The molecule has 0 aliphatic carbocycles. The number of carbonyl (C=O) groups excluding carboxylic acids is 2. The van der Waals surface area contributed by atoms with Gasteiger partial charge in [0, 0.05) is 32.1 Å². The third-order valence-corrected chi connectivity index (χ3v) is 7.32. The molecule has 11 heteroatoms. The van der Waals surface area contributed by atoms with Crippen molar-refractivity contribution in [1.82, 2.24) is 10.4 Å². The van der Waals surface area contributed by atoms with Crippen molar-refractivity contribution in [3.63, 3.8) is 0 Å². The number of aromatic amines is 1. The molecular weight excluding hydrogens is 629 g/mol. The van der Waals surface area contributed by atoms with Crippen LogP contribution in [0.5, 0.6) is 23.0 Å². The second-order valence-corrected chi connectivity index (χ2v) is 10.6. The van der Waals surface area contributed by atoms with Gasteiger partial charge in [0.2, 0.25) is 0 Å². The number of rotatable bonds is 12. The third-order valence-electron chi connectivity index (χ3n) is 6.76. The first kappa shape index (κ1) is 32.4. The van der Waals surface area contributed by atoms with Crippen LogP contribution in [0, 0.1) is 0 Å². The Morgan fingerprint density at radius 1 is 0.804 bits per heavy atom. The highest BCUT2D eigenvalue weighted by Crippen LogP contribution is 2.38. The number of ether oxygens (including phenoxy) is 4. The summed E-state index contributed by atoms with van der Waals surface area (Å²) in [5, 5.41) is 5.93. The molecule has 1 heterocycles. The van der Waals surface area contributed by atoms with Crippen molar-refractivity contribution in [1.29, 1.82) is 0 Å². The number of hydrogen-bond donors (Lipinski definition) is 2. The van der Waals surface area contributed by atoms with Crippen LogP contribution in [-0.4, -0.2) is 42.9 Å². The zero-order chi connectivity index (χ0) is 32.6. The van der Waals surface area contributed by atoms with Crippen LogP contribution >= 0.6 is 23.2 Å². The summed E-state index contributed by atoms with van der Waals surface area (Å²) in [4.78, 5) is 29.6. The number of esters is 1. The zero-order valence-electron chi connectivity index (χ0n) is 25.4. The lowest BCUT2D eigenvalue weighted by atomic mass is 10.0. The number of hydrazone groups is 1. The Labute approximate surface area is 276 Å². The van der Waals surface area contributed by atoms with Crippen LogP contribution in [-0.2, 0) is 0 Å². The maximum atomic E-state index is 13.4. The molecule has 1 amide bonds. The number of nitrogens with zero attached hydrogens (tertiary/aromatic N) is 1. The lowest BCUT2D eigenvalue weighted by Crippen LogP contribution is -2.19. The normalized spacial score (nSPS) is 11.1. The van der Waals surface area contributed by atoms with E-state index in [1.165, 1.54) is 6.21 Å². The molecule has 5 rings (SSSR count). The Kier molecular flexibility index (Phi) is 10.5. The van der Waals surface area contributed by atoms with E-state index in [2.05, 4.69) is 15.5 Å². The number of hydrogen-bond acceptors (Lipinski definition) is 7. The Bertz CT molecular complexity index is 1920. The van der Waals surface area contributed by atoms with E-state index in [1.807, 2.05) is 39.0 Å². The molecule has 4 aromatic carbocycles. The second-order valence-electron chi connectivity index (χ2n) is 9.80. The third kappa shape index (κ3) is 7.28. The Balaban J connectivity index is 1.35. The highest BCUT2D eigenvalue weighted by Gasteiger charge is 2.21. The molecule has 0 saturated heterocycles. The number of carbonyl (C=O) groups is 2. The van der Waals surface area contributed by atoms with Gasteiger partial charge in [0.05, 0.1) is 31.6 Å². The lowest BCUT2D eigenvalue weighted by Gasteiger charge is -2.13. The quantitative estimate of drug-likeness (QED) is 0.0603. The van der Waals surface area contributed by atoms with E-state index in [1.54, 1.807) is 60.7 Å². The molecule has 9 nitrogen and oxygen atoms in total. The smallest absolute Gasteiger partial charge is 0.343 e. The summed E-state index contributed by atoms with van der Waals surface area (Å²) in [5.41, 5.74) is 5.75. The van der Waals surface area contributed by atoms with Crippen molar-refractivity contribution < 1.29 is 28.5 Å². The van der Waals surface area contributed by atoms with Gasteiger partial charge in [0.25, 0.3) is 5.91 Å². The van der Waals surface area contributed by atoms with Gasteiger partial charge in [-0.05, 0) is 87.0 Å². The van der Waals surface area contributed by atoms with Gasteiger partial charge >= 0.3 is 5.97 Å². The number of halogens is 2. The largest absolute Gasteiger partial charge is 0.490 e. The first-order valence-electron chi connectivity index (χ1n) is 14.6. The molecule has 2 N–H and O–H groups in total. The van der Waals surface area contributed by atoms with Crippen LogP contribution in [0.15, 0.2) is 84.0 Å². The fourth-order valence-corrected chi connectivity index (χ4v) is 5.20. The van der Waals surface area contributed by atoms with E-state index in [0.29, 0.717) is 63.8 Å². The molecule has 236 valence electrons. The van der Waals surface area contributed by atoms with Gasteiger partial charge in [-0.15, -0.1) is 0 Å². The number of aromatic nitrogens is 1. The molecule has 0 atom stereocenters. The first-order valence-corrected chi connectivity index (χ1v) is 15.4. The van der Waals surface area contributed by atoms with Gasteiger partial charge in [0.1, 0.15) is 5.69 Å². The first-order chi connectivity index (χ1) is 22.3. The molecule has 1 aromatic heterocycles. The average Bonchev–Trinajstić information content (AvgIpc) is 3.42. The molecule has 0 saturated carbocycles. The molecule has 0 fully saturated rings. The van der Waals surface area contributed by atoms with Crippen LogP contribution in [0.3, 0.4) is 0 Å². The summed E-state index contributed by atoms with van der Waals surface area (Å²) >= 11 is 12.8. The van der Waals surface area contributed by atoms with E-state index in [4.69, 9.17) is 42.1 Å². The van der Waals surface area contributed by atoms with E-state index in [9.17, 15) is 9.59 Å². The predicted octanol–water partition coefficient (Wildman–Crippen LogP) is 8.32. The topological polar surface area (TPSA) is 111 Å². The molecule has 0 spiro atoms. The summed E-state index contributed by atoms with van der Waals surface area (Å²) in [6, 6.07) is 22.4. The Morgan fingerprint density at radius 2 is 1.50 bits per heavy atom. The minimum atomic E-state index is -0.590. The molecule has 0 radical (unpaired) electrons. The van der Waals surface area contributed by atoms with E-state index in [-0.39, 0.29) is 17.0 Å². The van der Waals surface area contributed by atoms with Gasteiger partial charge in [-0.3, -0.25) is 4.79 Å². The Morgan fingerprint density at radius 3 is 2.24 bits per heavy atom. The van der Waals surface area contributed by atoms with Crippen molar-refractivity contribution >= 4 is 52.2 Å². The SMILES string of the molecule is CCOc1ccc(C(=O)Oc2ccc(C=NNC(=O)c3[nH]c4ccc(Cl)cc4c3-c3ccccc3Cl)cc2OCC)cc1OCC. The molecule has 5 aromatic rings. The molecule has 46 heavy (non-hydrogen) atoms. The molecule has 0 aliphatic heterocycles. The number of H-pyrrole nitrogens is 1. The van der Waals surface area contributed by atoms with Gasteiger partial charge in [-0.2, -0.15) is 5.10 Å². The zero-order valence-corrected chi connectivity index (χ0v) is 26.9. The maximum absolute atomic E-state index is 13.4. The Hall–Kier alpha value is -4.99. The summed E-state index contributed by atoms with van der Waals surface area (Å²) in [6.07, 6.45) is 1.46. The van der Waals surface area contributed by atoms with Crippen LogP contribution in [0.25, 0.3) is 22.0 Å². The van der Waals surface area contributed by atoms with Crippen LogP contribution in [0.1, 0.15) is 47.2 Å². The average molecular weight is 661 g/mol. The fourth-order valence-electron chi connectivity index (χ4n) is 4.79. The van der Waals surface area contributed by atoms with Gasteiger partial charge in [0.15, 0.2) is 23.0 Å². The monoisotopic (exact) mass is 659 g/mol. The summed E-state index contributed by atoms with van der Waals surface area (Å²) in [5.74, 6) is 0.480. The van der Waals surface area contributed by atoms with Crippen molar-refractivity contribution in [3.8, 4) is 34.1 Å². The summed E-state index contributed by atoms with van der Waals surface area (Å²) < 4.78 is 22.6. The number of fused-ring (bicyclic) bond motifs is 1. The minimum absolute atomic E-state index is 0.223. The van der Waals surface area contributed by atoms with E-state index >= 15 is 0 Å². The van der Waals surface area contributed by atoms with Gasteiger partial charge in [-0.1, -0.05) is 41.4 Å². The molecular formula is C35H31Cl2N3O6. The molecule has 0 unspecified atom stereocenters. The second kappa shape index (κ2) is 14.9. The van der Waals surface area contributed by atoms with Gasteiger partial charge < -0.3 is 23.9 Å². The van der Waals surface area contributed by atoms with Crippen molar-refractivity contribution in [2.45, 2.75) is 20.8 Å². The van der Waals surface area contributed by atoms with Crippen molar-refractivity contribution in [3.05, 3.63) is 106 Å². The van der Waals surface area contributed by atoms with Crippen molar-refractivity contribution in [2.75, 3.05) is 19.8 Å². The molecule has 0 bridgehead atoms. The molecule has 0 aliphatic rings. The van der Waals surface area contributed by atoms with Crippen LogP contribution in [0.4, 0.5) is 0 Å². The number of nitrogens with one attached hydrogen (secondary N) is 2.